The fraction of sp³-hybridized carbons (Fsp3) is 0.207. The summed E-state index contributed by atoms with van der Waals surface area (Å²) in [6.45, 7) is 6.55. The third kappa shape index (κ3) is 3.71. The molecule has 2 N–H and O–H groups in total. The van der Waals surface area contributed by atoms with Crippen molar-refractivity contribution in [3.05, 3.63) is 79.3 Å². The van der Waals surface area contributed by atoms with E-state index in [4.69, 9.17) is 4.98 Å². The molecule has 2 atom stereocenters. The van der Waals surface area contributed by atoms with Gasteiger partial charge >= 0.3 is 0 Å². The van der Waals surface area contributed by atoms with Crippen LogP contribution in [0.15, 0.2) is 79.3 Å². The van der Waals surface area contributed by atoms with Crippen LogP contribution in [0.3, 0.4) is 0 Å². The zero-order valence-corrected chi connectivity index (χ0v) is 21.2. The molecule has 9 nitrogen and oxygen atoms in total. The van der Waals surface area contributed by atoms with Crippen LogP contribution in [0.5, 0.6) is 0 Å². The van der Waals surface area contributed by atoms with Crippen LogP contribution in [-0.2, 0) is 0 Å². The number of H-pyrrole nitrogens is 1. The normalized spacial score (nSPS) is 17.9. The van der Waals surface area contributed by atoms with Crippen molar-refractivity contribution >= 4 is 22.1 Å². The fourth-order valence-corrected chi connectivity index (χ4v) is 5.71. The molecule has 3 aromatic carbocycles. The Labute approximate surface area is 219 Å². The molecule has 0 aliphatic carbocycles. The average molecular weight is 502 g/mol. The molecule has 3 aromatic heterocycles. The standard InChI is InChI=1S/C29H27N9/c1-18-13-30-14-19(2)38(18)22-11-9-20(10-12-22)21-15-31-29-27(16-32-37(29)17-21)25-7-3-6-24-23(25)5-4-8-26(24)28-33-35-36-34-28/h3-12,15-19,30H,13-14H2,1-2H3,(H,33,34,35,36)/t18-,19+. The number of nitrogens with zero attached hydrogens (tertiary/aromatic N) is 7. The maximum absolute atomic E-state index is 4.85. The smallest absolute Gasteiger partial charge is 0.180 e. The van der Waals surface area contributed by atoms with Gasteiger partial charge in [0.1, 0.15) is 0 Å². The van der Waals surface area contributed by atoms with E-state index in [0.29, 0.717) is 17.9 Å². The van der Waals surface area contributed by atoms with E-state index >= 15 is 0 Å². The average Bonchev–Trinajstić information content (AvgIpc) is 3.63. The Morgan fingerprint density at radius 2 is 1.53 bits per heavy atom. The van der Waals surface area contributed by atoms with Gasteiger partial charge in [0.2, 0.25) is 0 Å². The van der Waals surface area contributed by atoms with Crippen molar-refractivity contribution in [2.24, 2.45) is 0 Å². The number of rotatable bonds is 4. The highest BCUT2D eigenvalue weighted by Gasteiger charge is 2.24. The first kappa shape index (κ1) is 22.6. The molecule has 9 heteroatoms. The minimum absolute atomic E-state index is 0.461. The number of nitrogens with one attached hydrogen (secondary N) is 2. The van der Waals surface area contributed by atoms with Crippen LogP contribution in [0.2, 0.25) is 0 Å². The highest BCUT2D eigenvalue weighted by Crippen LogP contribution is 2.35. The first-order valence-electron chi connectivity index (χ1n) is 12.9. The van der Waals surface area contributed by atoms with Crippen LogP contribution in [0.4, 0.5) is 5.69 Å². The van der Waals surface area contributed by atoms with Gasteiger partial charge in [-0.05, 0) is 58.3 Å². The van der Waals surface area contributed by atoms with Crippen molar-refractivity contribution < 1.29 is 0 Å². The zero-order chi connectivity index (χ0) is 25.6. The van der Waals surface area contributed by atoms with Crippen LogP contribution < -0.4 is 10.2 Å². The molecule has 4 heterocycles. The van der Waals surface area contributed by atoms with E-state index in [1.807, 2.05) is 41.3 Å². The number of benzene rings is 3. The Balaban J connectivity index is 1.24. The molecule has 0 spiro atoms. The summed E-state index contributed by atoms with van der Waals surface area (Å²) in [5, 5.41) is 24.8. The van der Waals surface area contributed by atoms with Crippen molar-refractivity contribution in [1.29, 1.82) is 0 Å². The summed E-state index contributed by atoms with van der Waals surface area (Å²) in [5.74, 6) is 0.641. The number of hydrogen-bond donors (Lipinski definition) is 2. The Bertz CT molecular complexity index is 1730. The first-order chi connectivity index (χ1) is 18.7. The predicted molar refractivity (Wildman–Crippen MR) is 149 cm³/mol. The number of fused-ring (bicyclic) bond motifs is 2. The van der Waals surface area contributed by atoms with Gasteiger partial charge < -0.3 is 10.2 Å². The van der Waals surface area contributed by atoms with Gasteiger partial charge in [-0.25, -0.2) is 14.6 Å². The van der Waals surface area contributed by atoms with Gasteiger partial charge in [-0.15, -0.1) is 5.10 Å². The molecule has 188 valence electrons. The van der Waals surface area contributed by atoms with Crippen LogP contribution in [0.1, 0.15) is 13.8 Å². The van der Waals surface area contributed by atoms with Crippen molar-refractivity contribution in [1.82, 2.24) is 40.5 Å². The number of tetrazole rings is 1. The van der Waals surface area contributed by atoms with Crippen LogP contribution >= 0.6 is 0 Å². The first-order valence-corrected chi connectivity index (χ1v) is 12.9. The Hall–Kier alpha value is -4.63. The fourth-order valence-electron chi connectivity index (χ4n) is 5.71. The molecule has 1 fully saturated rings. The summed E-state index contributed by atoms with van der Waals surface area (Å²) < 4.78 is 1.86. The lowest BCUT2D eigenvalue weighted by atomic mass is 9.96. The second kappa shape index (κ2) is 9.04. The van der Waals surface area contributed by atoms with E-state index in [-0.39, 0.29) is 0 Å². The predicted octanol–water partition coefficient (Wildman–Crippen LogP) is 4.58. The summed E-state index contributed by atoms with van der Waals surface area (Å²) >= 11 is 0. The van der Waals surface area contributed by atoms with Crippen molar-refractivity contribution in [2.45, 2.75) is 25.9 Å². The molecule has 1 saturated heterocycles. The molecule has 1 aliphatic heterocycles. The van der Waals surface area contributed by atoms with Crippen molar-refractivity contribution in [3.8, 4) is 33.6 Å². The third-order valence-corrected chi connectivity index (χ3v) is 7.50. The second-order valence-electron chi connectivity index (χ2n) is 9.94. The minimum atomic E-state index is 0.461. The molecular weight excluding hydrogens is 474 g/mol. The Morgan fingerprint density at radius 3 is 2.26 bits per heavy atom. The van der Waals surface area contributed by atoms with Crippen molar-refractivity contribution in [3.63, 3.8) is 0 Å². The summed E-state index contributed by atoms with van der Waals surface area (Å²) in [5.41, 5.74) is 7.20. The van der Waals surface area contributed by atoms with Gasteiger partial charge in [0.15, 0.2) is 11.5 Å². The summed E-state index contributed by atoms with van der Waals surface area (Å²) in [4.78, 5) is 7.35. The number of aromatic amines is 1. The molecule has 0 radical (unpaired) electrons. The van der Waals surface area contributed by atoms with Gasteiger partial charge in [0.25, 0.3) is 0 Å². The second-order valence-corrected chi connectivity index (χ2v) is 9.94. The summed E-state index contributed by atoms with van der Waals surface area (Å²) in [6, 6.07) is 22.1. The van der Waals surface area contributed by atoms with Gasteiger partial charge in [0.05, 0.1) is 6.20 Å². The molecule has 0 amide bonds. The maximum Gasteiger partial charge on any atom is 0.180 e. The largest absolute Gasteiger partial charge is 0.364 e. The van der Waals surface area contributed by atoms with Crippen LogP contribution in [0, 0.1) is 0 Å². The number of piperazine rings is 1. The lowest BCUT2D eigenvalue weighted by Crippen LogP contribution is -2.55. The molecule has 0 bridgehead atoms. The van der Waals surface area contributed by atoms with Gasteiger partial charge in [-0.1, -0.05) is 48.5 Å². The summed E-state index contributed by atoms with van der Waals surface area (Å²) in [7, 11) is 0. The third-order valence-electron chi connectivity index (χ3n) is 7.50. The molecule has 0 saturated carbocycles. The zero-order valence-electron chi connectivity index (χ0n) is 21.2. The number of hydrogen-bond acceptors (Lipinski definition) is 7. The number of anilines is 1. The Kier molecular flexibility index (Phi) is 5.36. The van der Waals surface area contributed by atoms with Crippen LogP contribution in [0.25, 0.3) is 50.1 Å². The minimum Gasteiger partial charge on any atom is -0.364 e. The maximum atomic E-state index is 4.85. The highest BCUT2D eigenvalue weighted by molar-refractivity contribution is 6.05. The van der Waals surface area contributed by atoms with Crippen LogP contribution in [-0.4, -0.2) is 60.4 Å². The lowest BCUT2D eigenvalue weighted by molar-refractivity contribution is 0.432. The van der Waals surface area contributed by atoms with E-state index in [9.17, 15) is 0 Å². The van der Waals surface area contributed by atoms with E-state index in [0.717, 1.165) is 57.3 Å². The van der Waals surface area contributed by atoms with Gasteiger partial charge in [-0.3, -0.25) is 0 Å². The highest BCUT2D eigenvalue weighted by atomic mass is 15.5. The van der Waals surface area contributed by atoms with E-state index in [1.54, 1.807) is 0 Å². The quantitative estimate of drug-likeness (QED) is 0.365. The molecule has 7 rings (SSSR count). The van der Waals surface area contributed by atoms with E-state index < -0.39 is 0 Å². The monoisotopic (exact) mass is 501 g/mol. The van der Waals surface area contributed by atoms with Gasteiger partial charge in [0, 0.05) is 59.9 Å². The Morgan fingerprint density at radius 1 is 0.789 bits per heavy atom. The number of aromatic nitrogens is 7. The van der Waals surface area contributed by atoms with Gasteiger partial charge in [-0.2, -0.15) is 5.10 Å². The SMILES string of the molecule is C[C@@H]1CNC[C@H](C)N1c1ccc(-c2cnc3c(-c4cccc5c(-c6nnn[nH]6)cccc45)cnn3c2)cc1. The molecule has 1 aliphatic rings. The molecule has 38 heavy (non-hydrogen) atoms. The molecule has 0 unspecified atom stereocenters. The molecular formula is C29H27N9. The summed E-state index contributed by atoms with van der Waals surface area (Å²) in [6.07, 6.45) is 5.87. The lowest BCUT2D eigenvalue weighted by Gasteiger charge is -2.41. The topological polar surface area (TPSA) is 99.9 Å². The van der Waals surface area contributed by atoms with Crippen molar-refractivity contribution in [2.75, 3.05) is 18.0 Å². The van der Waals surface area contributed by atoms with E-state index in [1.165, 1.54) is 5.69 Å². The van der Waals surface area contributed by atoms with E-state index in [2.05, 4.69) is 92.3 Å². The molecule has 6 aromatic rings.